The molecule has 0 aromatic heterocycles. The Morgan fingerprint density at radius 2 is 1.79 bits per heavy atom. The highest BCUT2D eigenvalue weighted by molar-refractivity contribution is 8.00. The fraction of sp³-hybridized carbons (Fsp3) is 0.250. The van der Waals surface area contributed by atoms with Crippen LogP contribution in [0, 0.1) is 6.92 Å². The molecular weight excluding hydrogens is 256 g/mol. The van der Waals surface area contributed by atoms with E-state index in [9.17, 15) is 13.2 Å². The molecule has 0 aliphatic heterocycles. The molecule has 1 aromatic carbocycles. The topological polar surface area (TPSA) is 0 Å². The molecular formula is C8H5Cl2F3S. The third kappa shape index (κ3) is 2.97. The van der Waals surface area contributed by atoms with Crippen molar-refractivity contribution in [3.05, 3.63) is 27.7 Å². The van der Waals surface area contributed by atoms with Gasteiger partial charge in [-0.1, -0.05) is 29.3 Å². The van der Waals surface area contributed by atoms with E-state index in [0.717, 1.165) is 0 Å². The first-order valence-electron chi connectivity index (χ1n) is 3.51. The van der Waals surface area contributed by atoms with Gasteiger partial charge in [-0.2, -0.15) is 13.2 Å². The zero-order valence-corrected chi connectivity index (χ0v) is 9.28. The fourth-order valence-corrected chi connectivity index (χ4v) is 2.07. The van der Waals surface area contributed by atoms with Crippen LogP contribution in [0.4, 0.5) is 13.2 Å². The van der Waals surface area contributed by atoms with E-state index in [1.54, 1.807) is 6.92 Å². The number of alkyl halides is 3. The summed E-state index contributed by atoms with van der Waals surface area (Å²) in [5, 5.41) is 0.0815. The number of rotatable bonds is 1. The van der Waals surface area contributed by atoms with Gasteiger partial charge in [0.1, 0.15) is 0 Å². The molecule has 0 atom stereocenters. The zero-order valence-electron chi connectivity index (χ0n) is 6.95. The Hall–Kier alpha value is -0.0600. The van der Waals surface area contributed by atoms with Crippen molar-refractivity contribution in [1.29, 1.82) is 0 Å². The second-order valence-corrected chi connectivity index (χ2v) is 4.42. The molecule has 1 rings (SSSR count). The molecule has 0 saturated carbocycles. The second-order valence-electron chi connectivity index (χ2n) is 2.56. The zero-order chi connectivity index (χ0) is 10.9. The minimum Gasteiger partial charge on any atom is -0.160 e. The first-order valence-corrected chi connectivity index (χ1v) is 5.09. The lowest BCUT2D eigenvalue weighted by atomic mass is 10.2. The van der Waals surface area contributed by atoms with Crippen molar-refractivity contribution in [3.63, 3.8) is 0 Å². The molecule has 0 heterocycles. The highest BCUT2D eigenvalue weighted by atomic mass is 35.5. The summed E-state index contributed by atoms with van der Waals surface area (Å²) in [6.07, 6.45) is 0. The molecule has 1 aromatic rings. The number of benzene rings is 1. The molecule has 0 radical (unpaired) electrons. The number of aryl methyl sites for hydroxylation is 1. The van der Waals surface area contributed by atoms with Gasteiger partial charge in [-0.05, 0) is 30.3 Å². The Morgan fingerprint density at radius 3 is 2.29 bits per heavy atom. The summed E-state index contributed by atoms with van der Waals surface area (Å²) in [5.41, 5.74) is -3.89. The first-order chi connectivity index (χ1) is 6.31. The van der Waals surface area contributed by atoms with Crippen LogP contribution in [-0.2, 0) is 0 Å². The lowest BCUT2D eigenvalue weighted by Gasteiger charge is -2.10. The second kappa shape index (κ2) is 4.21. The molecule has 0 unspecified atom stereocenters. The highest BCUT2D eigenvalue weighted by Gasteiger charge is 2.31. The predicted octanol–water partition coefficient (Wildman–Crippen LogP) is 4.91. The quantitative estimate of drug-likeness (QED) is 0.647. The van der Waals surface area contributed by atoms with Gasteiger partial charge in [-0.15, -0.1) is 0 Å². The van der Waals surface area contributed by atoms with Crippen molar-refractivity contribution in [2.75, 3.05) is 0 Å². The van der Waals surface area contributed by atoms with E-state index >= 15 is 0 Å². The number of hydrogen-bond donors (Lipinski definition) is 0. The van der Waals surface area contributed by atoms with E-state index in [2.05, 4.69) is 0 Å². The summed E-state index contributed by atoms with van der Waals surface area (Å²) in [7, 11) is 0. The minimum atomic E-state index is -4.35. The Labute approximate surface area is 93.4 Å². The van der Waals surface area contributed by atoms with Crippen molar-refractivity contribution in [3.8, 4) is 0 Å². The van der Waals surface area contributed by atoms with Crippen LogP contribution in [0.2, 0.25) is 10.0 Å². The Balaban J connectivity index is 3.13. The molecule has 0 N–H and O–H groups in total. The first kappa shape index (κ1) is 12.0. The molecule has 0 fully saturated rings. The standard InChI is InChI=1S/C8H5Cl2F3S/c1-4-2-3-5(9)6(10)7(4)14-8(11,12)13/h2-3H,1H3. The van der Waals surface area contributed by atoms with Crippen LogP contribution in [0.3, 0.4) is 0 Å². The predicted molar refractivity (Wildman–Crippen MR) is 53.1 cm³/mol. The van der Waals surface area contributed by atoms with Crippen LogP contribution < -0.4 is 0 Å². The number of thioether (sulfide) groups is 1. The summed E-state index contributed by atoms with van der Waals surface area (Å²) in [4.78, 5) is -0.0355. The van der Waals surface area contributed by atoms with Crippen LogP contribution in [0.25, 0.3) is 0 Å². The third-order valence-electron chi connectivity index (χ3n) is 1.46. The van der Waals surface area contributed by atoms with Gasteiger partial charge in [0, 0.05) is 4.90 Å². The molecule has 0 bridgehead atoms. The molecule has 0 aliphatic rings. The van der Waals surface area contributed by atoms with E-state index in [1.165, 1.54) is 12.1 Å². The molecule has 0 aliphatic carbocycles. The maximum atomic E-state index is 12.1. The van der Waals surface area contributed by atoms with Crippen LogP contribution in [0.15, 0.2) is 17.0 Å². The summed E-state index contributed by atoms with van der Waals surface area (Å²) in [6, 6.07) is 2.97. The van der Waals surface area contributed by atoms with Gasteiger partial charge in [0.25, 0.3) is 0 Å². The molecule has 78 valence electrons. The lowest BCUT2D eigenvalue weighted by Crippen LogP contribution is -2.00. The van der Waals surface area contributed by atoms with Gasteiger partial charge in [-0.25, -0.2) is 0 Å². The Bertz CT molecular complexity index is 349. The summed E-state index contributed by atoms with van der Waals surface area (Å²) >= 11 is 11.0. The smallest absolute Gasteiger partial charge is 0.160 e. The average molecular weight is 261 g/mol. The van der Waals surface area contributed by atoms with Crippen molar-refractivity contribution >= 4 is 35.0 Å². The van der Waals surface area contributed by atoms with Gasteiger partial charge in [0.05, 0.1) is 10.0 Å². The summed E-state index contributed by atoms with van der Waals surface area (Å²) in [6.45, 7) is 1.55. The van der Waals surface area contributed by atoms with Gasteiger partial charge in [-0.3, -0.25) is 0 Å². The van der Waals surface area contributed by atoms with Crippen LogP contribution >= 0.6 is 35.0 Å². The summed E-state index contributed by atoms with van der Waals surface area (Å²) in [5.74, 6) is 0. The van der Waals surface area contributed by atoms with Gasteiger partial charge in [0.15, 0.2) is 0 Å². The normalized spacial score (nSPS) is 11.9. The van der Waals surface area contributed by atoms with Crippen LogP contribution in [0.5, 0.6) is 0 Å². The van der Waals surface area contributed by atoms with Crippen molar-refractivity contribution in [1.82, 2.24) is 0 Å². The molecule has 0 spiro atoms. The Morgan fingerprint density at radius 1 is 1.21 bits per heavy atom. The highest BCUT2D eigenvalue weighted by Crippen LogP contribution is 2.44. The van der Waals surface area contributed by atoms with E-state index in [0.29, 0.717) is 5.56 Å². The van der Waals surface area contributed by atoms with E-state index in [4.69, 9.17) is 23.2 Å². The fourth-order valence-electron chi connectivity index (χ4n) is 0.870. The van der Waals surface area contributed by atoms with Crippen LogP contribution in [-0.4, -0.2) is 5.51 Å². The minimum absolute atomic E-state index is 0.0355. The van der Waals surface area contributed by atoms with E-state index in [-0.39, 0.29) is 26.7 Å². The third-order valence-corrected chi connectivity index (χ3v) is 3.34. The van der Waals surface area contributed by atoms with Crippen molar-refractivity contribution in [2.45, 2.75) is 17.3 Å². The van der Waals surface area contributed by atoms with Crippen molar-refractivity contribution in [2.24, 2.45) is 0 Å². The van der Waals surface area contributed by atoms with Crippen molar-refractivity contribution < 1.29 is 13.2 Å². The van der Waals surface area contributed by atoms with Crippen LogP contribution in [0.1, 0.15) is 5.56 Å². The molecule has 6 heteroatoms. The Kier molecular flexibility index (Phi) is 3.61. The monoisotopic (exact) mass is 260 g/mol. The molecule has 14 heavy (non-hydrogen) atoms. The van der Waals surface area contributed by atoms with Gasteiger partial charge < -0.3 is 0 Å². The largest absolute Gasteiger partial charge is 0.446 e. The van der Waals surface area contributed by atoms with E-state index in [1.807, 2.05) is 0 Å². The average Bonchev–Trinajstić information content (AvgIpc) is 2.04. The lowest BCUT2D eigenvalue weighted by molar-refractivity contribution is -0.0328. The maximum Gasteiger partial charge on any atom is 0.446 e. The molecule has 0 amide bonds. The van der Waals surface area contributed by atoms with Gasteiger partial charge >= 0.3 is 5.51 Å². The van der Waals surface area contributed by atoms with Gasteiger partial charge in [0.2, 0.25) is 0 Å². The number of hydrogen-bond acceptors (Lipinski definition) is 1. The number of halogens is 5. The maximum absolute atomic E-state index is 12.1. The molecule has 0 nitrogen and oxygen atoms in total. The molecule has 0 saturated heterocycles. The van der Waals surface area contributed by atoms with E-state index < -0.39 is 5.51 Å². The SMILES string of the molecule is Cc1ccc(Cl)c(Cl)c1SC(F)(F)F. The summed E-state index contributed by atoms with van der Waals surface area (Å²) < 4.78 is 36.3.